The maximum absolute atomic E-state index is 13.5. The molecule has 2 heterocycles. The monoisotopic (exact) mass is 542 g/mol. The standard InChI is InChI=1S/C27H33F3O8/c1-23-6-4-16(33-3)9-19(23)15(11-31)8-17-18-5-7-25(26(37-14-35-25)12-34-13-36-26)24(18,2)10-20(21(17)23)38-22(32)27(28,29)30/h9,11,17-18,20-21H,4-8,10,12-14H2,1-3H3/t17-,18-,20+,21+,23-,24-,25+,26-/m0/s1. The van der Waals surface area contributed by atoms with Gasteiger partial charge in [0.15, 0.2) is 13.6 Å². The van der Waals surface area contributed by atoms with Crippen molar-refractivity contribution in [3.05, 3.63) is 23.0 Å². The van der Waals surface area contributed by atoms with Crippen molar-refractivity contribution in [1.82, 2.24) is 0 Å². The van der Waals surface area contributed by atoms with Crippen molar-refractivity contribution in [1.29, 1.82) is 0 Å². The van der Waals surface area contributed by atoms with Crippen molar-refractivity contribution >= 4 is 12.3 Å². The fourth-order valence-corrected chi connectivity index (χ4v) is 9.15. The Balaban J connectivity index is 1.49. The molecule has 210 valence electrons. The van der Waals surface area contributed by atoms with Crippen molar-refractivity contribution in [2.24, 2.45) is 28.6 Å². The third-order valence-electron chi connectivity index (χ3n) is 10.7. The van der Waals surface area contributed by atoms with Crippen molar-refractivity contribution < 1.29 is 51.2 Å². The number of carbonyl (C=O) groups is 2. The van der Waals surface area contributed by atoms with E-state index >= 15 is 0 Å². The number of hydrogen-bond acceptors (Lipinski definition) is 8. The van der Waals surface area contributed by atoms with Crippen LogP contribution in [0.15, 0.2) is 23.0 Å². The van der Waals surface area contributed by atoms with E-state index in [2.05, 4.69) is 0 Å². The molecule has 38 heavy (non-hydrogen) atoms. The average Bonchev–Trinajstić information content (AvgIpc) is 3.57. The van der Waals surface area contributed by atoms with Gasteiger partial charge in [-0.2, -0.15) is 13.2 Å². The molecule has 0 N–H and O–H groups in total. The van der Waals surface area contributed by atoms with E-state index in [1.807, 2.05) is 19.9 Å². The minimum atomic E-state index is -5.13. The quantitative estimate of drug-likeness (QED) is 0.388. The van der Waals surface area contributed by atoms with Gasteiger partial charge in [0.1, 0.15) is 24.6 Å². The molecule has 6 aliphatic rings. The van der Waals surface area contributed by atoms with E-state index in [4.69, 9.17) is 28.4 Å². The molecular formula is C27H33F3O8. The number of ether oxygens (including phenoxy) is 6. The molecule has 0 bridgehead atoms. The second-order valence-corrected chi connectivity index (χ2v) is 12.0. The highest BCUT2D eigenvalue weighted by atomic mass is 19.4. The fraction of sp³-hybridized carbons (Fsp3) is 0.778. The summed E-state index contributed by atoms with van der Waals surface area (Å²) in [5.74, 6) is -3.33. The summed E-state index contributed by atoms with van der Waals surface area (Å²) < 4.78 is 75.3. The van der Waals surface area contributed by atoms with Crippen LogP contribution in [0.25, 0.3) is 0 Å². The number of aldehydes is 1. The van der Waals surface area contributed by atoms with Crippen LogP contribution in [0.2, 0.25) is 0 Å². The fourth-order valence-electron chi connectivity index (χ4n) is 9.15. The maximum atomic E-state index is 13.5. The van der Waals surface area contributed by atoms with Crippen LogP contribution in [0.1, 0.15) is 52.4 Å². The van der Waals surface area contributed by atoms with E-state index in [9.17, 15) is 22.8 Å². The van der Waals surface area contributed by atoms with Gasteiger partial charge in [-0.05, 0) is 61.2 Å². The van der Waals surface area contributed by atoms with Gasteiger partial charge in [0.2, 0.25) is 5.79 Å². The minimum Gasteiger partial charge on any atom is -0.501 e. The van der Waals surface area contributed by atoms with Gasteiger partial charge in [-0.1, -0.05) is 13.8 Å². The lowest BCUT2D eigenvalue weighted by Gasteiger charge is -2.61. The van der Waals surface area contributed by atoms with Crippen LogP contribution in [0.3, 0.4) is 0 Å². The molecule has 0 aromatic heterocycles. The van der Waals surface area contributed by atoms with Crippen molar-refractivity contribution in [2.75, 3.05) is 27.3 Å². The highest BCUT2D eigenvalue weighted by molar-refractivity contribution is 5.78. The van der Waals surface area contributed by atoms with Gasteiger partial charge in [0.05, 0.1) is 12.9 Å². The third-order valence-corrected chi connectivity index (χ3v) is 10.7. The molecule has 0 radical (unpaired) electrons. The number of hydrogen-bond donors (Lipinski definition) is 0. The largest absolute Gasteiger partial charge is 0.501 e. The Labute approximate surface area is 218 Å². The summed E-state index contributed by atoms with van der Waals surface area (Å²) in [7, 11) is 1.56. The summed E-state index contributed by atoms with van der Waals surface area (Å²) in [5, 5.41) is 0. The SMILES string of the molecule is COC1=CC2=C(C=O)C[C@@H]3[C@H]([C@H](OC(=O)C(F)(F)F)C[C@@]4(C)[C@H]3CC[C@@]43OCO[C@@]34COCO4)[C@@]2(C)CC1. The van der Waals surface area contributed by atoms with Gasteiger partial charge in [0.25, 0.3) is 0 Å². The Morgan fingerprint density at radius 2 is 1.92 bits per heavy atom. The number of methoxy groups -OCH3 is 1. The van der Waals surface area contributed by atoms with Crippen LogP contribution in [-0.2, 0) is 38.0 Å². The van der Waals surface area contributed by atoms with E-state index in [1.54, 1.807) is 7.11 Å². The molecule has 4 fully saturated rings. The molecule has 2 saturated carbocycles. The number of allylic oxidation sites excluding steroid dienone is 4. The van der Waals surface area contributed by atoms with Gasteiger partial charge in [0, 0.05) is 23.2 Å². The number of esters is 1. The van der Waals surface area contributed by atoms with E-state index < -0.39 is 46.4 Å². The predicted octanol–water partition coefficient (Wildman–Crippen LogP) is 4.19. The highest BCUT2D eigenvalue weighted by Gasteiger charge is 2.77. The number of carbonyl (C=O) groups excluding carboxylic acids is 2. The smallest absolute Gasteiger partial charge is 0.490 e. The second kappa shape index (κ2) is 8.52. The summed E-state index contributed by atoms with van der Waals surface area (Å²) in [6, 6.07) is 0. The Morgan fingerprint density at radius 1 is 1.16 bits per heavy atom. The Hall–Kier alpha value is -1.95. The van der Waals surface area contributed by atoms with E-state index in [1.165, 1.54) is 0 Å². The first-order valence-corrected chi connectivity index (χ1v) is 13.2. The lowest BCUT2D eigenvalue weighted by Crippen LogP contribution is -2.66. The van der Waals surface area contributed by atoms with E-state index in [0.717, 1.165) is 17.6 Å². The Morgan fingerprint density at radius 3 is 2.58 bits per heavy atom. The number of rotatable bonds is 3. The second-order valence-electron chi connectivity index (χ2n) is 12.0. The molecule has 8 nitrogen and oxygen atoms in total. The zero-order valence-electron chi connectivity index (χ0n) is 21.7. The molecule has 2 saturated heterocycles. The first-order chi connectivity index (χ1) is 17.9. The molecule has 0 aromatic carbocycles. The number of halogens is 3. The van der Waals surface area contributed by atoms with Gasteiger partial charge in [-0.3, -0.25) is 4.79 Å². The van der Waals surface area contributed by atoms with Gasteiger partial charge < -0.3 is 28.4 Å². The summed E-state index contributed by atoms with van der Waals surface area (Å²) >= 11 is 0. The van der Waals surface area contributed by atoms with Gasteiger partial charge in [-0.25, -0.2) is 4.79 Å². The van der Waals surface area contributed by atoms with Crippen LogP contribution in [-0.4, -0.2) is 63.2 Å². The zero-order chi connectivity index (χ0) is 27.1. The summed E-state index contributed by atoms with van der Waals surface area (Å²) in [4.78, 5) is 24.7. The normalized spacial score (nSPS) is 46.0. The van der Waals surface area contributed by atoms with Gasteiger partial charge >= 0.3 is 12.1 Å². The number of alkyl halides is 3. The van der Waals surface area contributed by atoms with Gasteiger partial charge in [-0.15, -0.1) is 0 Å². The molecule has 8 atom stereocenters. The van der Waals surface area contributed by atoms with Crippen molar-refractivity contribution in [3.8, 4) is 0 Å². The lowest BCUT2D eigenvalue weighted by molar-refractivity contribution is -0.262. The molecule has 2 spiro atoms. The Kier molecular flexibility index (Phi) is 5.89. The van der Waals surface area contributed by atoms with Crippen LogP contribution in [0.4, 0.5) is 13.2 Å². The molecular weight excluding hydrogens is 509 g/mol. The van der Waals surface area contributed by atoms with Crippen molar-refractivity contribution in [2.45, 2.75) is 76.0 Å². The summed E-state index contributed by atoms with van der Waals surface area (Å²) in [6.07, 6.45) is -0.558. The van der Waals surface area contributed by atoms with Crippen LogP contribution in [0, 0.1) is 28.6 Å². The Bertz CT molecular complexity index is 1090. The molecule has 0 aromatic rings. The average molecular weight is 543 g/mol. The highest BCUT2D eigenvalue weighted by Crippen LogP contribution is 2.72. The van der Waals surface area contributed by atoms with Crippen molar-refractivity contribution in [3.63, 3.8) is 0 Å². The van der Waals surface area contributed by atoms with Crippen LogP contribution >= 0.6 is 0 Å². The first kappa shape index (κ1) is 26.3. The molecule has 6 rings (SSSR count). The molecule has 2 aliphatic heterocycles. The summed E-state index contributed by atoms with van der Waals surface area (Å²) in [6.45, 7) is 4.11. The lowest BCUT2D eigenvalue weighted by atomic mass is 9.45. The van der Waals surface area contributed by atoms with Crippen LogP contribution < -0.4 is 0 Å². The predicted molar refractivity (Wildman–Crippen MR) is 123 cm³/mol. The van der Waals surface area contributed by atoms with E-state index in [-0.39, 0.29) is 38.4 Å². The third kappa shape index (κ3) is 3.31. The molecule has 0 amide bonds. The molecule has 4 aliphatic carbocycles. The number of fused-ring (bicyclic) bond motifs is 7. The minimum absolute atomic E-state index is 0.0258. The maximum Gasteiger partial charge on any atom is 0.490 e. The first-order valence-electron chi connectivity index (χ1n) is 13.2. The zero-order valence-corrected chi connectivity index (χ0v) is 21.7. The van der Waals surface area contributed by atoms with E-state index in [0.29, 0.717) is 37.7 Å². The topological polar surface area (TPSA) is 89.5 Å². The summed E-state index contributed by atoms with van der Waals surface area (Å²) in [5.41, 5.74) is -1.04. The molecule has 0 unspecified atom stereocenters. The molecule has 11 heteroatoms. The van der Waals surface area contributed by atoms with Crippen LogP contribution in [0.5, 0.6) is 0 Å².